The summed E-state index contributed by atoms with van der Waals surface area (Å²) in [7, 11) is -3.26. The average molecular weight is 363 g/mol. The van der Waals surface area contributed by atoms with Crippen molar-refractivity contribution in [2.45, 2.75) is 19.4 Å². The van der Waals surface area contributed by atoms with Crippen molar-refractivity contribution in [2.24, 2.45) is 5.92 Å². The van der Waals surface area contributed by atoms with Gasteiger partial charge in [-0.15, -0.1) is 0 Å². The zero-order valence-corrected chi connectivity index (χ0v) is 14.8. The predicted octanol–water partition coefficient (Wildman–Crippen LogP) is 1.63. The molecule has 1 aromatic carbocycles. The van der Waals surface area contributed by atoms with Crippen LogP contribution >= 0.6 is 0 Å². The van der Waals surface area contributed by atoms with Crippen LogP contribution in [-0.4, -0.2) is 43.1 Å². The van der Waals surface area contributed by atoms with Crippen LogP contribution in [0.4, 0.5) is 0 Å². The Morgan fingerprint density at radius 2 is 2.12 bits per heavy atom. The molecule has 0 bridgehead atoms. The number of benzene rings is 1. The highest BCUT2D eigenvalue weighted by atomic mass is 32.2. The molecule has 1 aromatic heterocycles. The molecule has 7 nitrogen and oxygen atoms in total. The van der Waals surface area contributed by atoms with Crippen molar-refractivity contribution in [1.82, 2.24) is 14.8 Å². The number of sulfonamides is 1. The molecule has 0 spiro atoms. The van der Waals surface area contributed by atoms with E-state index in [1.165, 1.54) is 10.6 Å². The third kappa shape index (κ3) is 4.46. The van der Waals surface area contributed by atoms with Gasteiger partial charge in [-0.25, -0.2) is 12.7 Å². The predicted molar refractivity (Wildman–Crippen MR) is 92.9 cm³/mol. The maximum atomic E-state index is 12.3. The van der Waals surface area contributed by atoms with Crippen LogP contribution in [0.2, 0.25) is 0 Å². The molecule has 1 atom stereocenters. The van der Waals surface area contributed by atoms with Gasteiger partial charge in [0.05, 0.1) is 18.7 Å². The van der Waals surface area contributed by atoms with Crippen LogP contribution in [0.5, 0.6) is 0 Å². The summed E-state index contributed by atoms with van der Waals surface area (Å²) in [5, 5.41) is 6.82. The summed E-state index contributed by atoms with van der Waals surface area (Å²) in [6.07, 6.45) is 2.54. The minimum Gasteiger partial charge on any atom is -0.359 e. The Hall–Kier alpha value is -2.19. The molecule has 1 saturated heterocycles. The van der Waals surface area contributed by atoms with Gasteiger partial charge >= 0.3 is 0 Å². The van der Waals surface area contributed by atoms with E-state index in [0.717, 1.165) is 5.56 Å². The largest absolute Gasteiger partial charge is 0.359 e. The molecule has 0 unspecified atom stereocenters. The Kier molecular flexibility index (Phi) is 5.19. The molecule has 25 heavy (non-hydrogen) atoms. The van der Waals surface area contributed by atoms with E-state index in [-0.39, 0.29) is 24.9 Å². The number of amides is 1. The molecule has 1 N–H and O–H groups in total. The van der Waals surface area contributed by atoms with Crippen molar-refractivity contribution >= 4 is 15.9 Å². The normalized spacial score (nSPS) is 18.8. The van der Waals surface area contributed by atoms with E-state index >= 15 is 0 Å². The number of hydrogen-bond acceptors (Lipinski definition) is 5. The van der Waals surface area contributed by atoms with Crippen LogP contribution in [0, 0.1) is 5.92 Å². The number of hydrogen-bond donors (Lipinski definition) is 1. The number of aromatic nitrogens is 1. The molecule has 3 rings (SSSR count). The lowest BCUT2D eigenvalue weighted by atomic mass is 9.99. The molecule has 0 aliphatic carbocycles. The van der Waals surface area contributed by atoms with Crippen LogP contribution in [-0.2, 0) is 21.4 Å². The Morgan fingerprint density at radius 1 is 1.36 bits per heavy atom. The number of nitrogens with zero attached hydrogens (tertiary/aromatic N) is 2. The quantitative estimate of drug-likeness (QED) is 0.872. The molecule has 1 aliphatic heterocycles. The van der Waals surface area contributed by atoms with Crippen LogP contribution in [0.25, 0.3) is 11.3 Å². The van der Waals surface area contributed by atoms with Crippen LogP contribution in [0.1, 0.15) is 18.6 Å². The summed E-state index contributed by atoms with van der Waals surface area (Å²) in [6, 6.07) is 11.4. The van der Waals surface area contributed by atoms with E-state index in [1.807, 2.05) is 30.3 Å². The van der Waals surface area contributed by atoms with Crippen LogP contribution in [0.15, 0.2) is 40.9 Å². The van der Waals surface area contributed by atoms with Crippen molar-refractivity contribution in [3.63, 3.8) is 0 Å². The van der Waals surface area contributed by atoms with E-state index in [9.17, 15) is 13.2 Å². The monoisotopic (exact) mass is 363 g/mol. The number of carbonyl (C=O) groups excluding carboxylic acids is 1. The summed E-state index contributed by atoms with van der Waals surface area (Å²) in [6.45, 7) is 0.940. The van der Waals surface area contributed by atoms with Gasteiger partial charge in [-0.3, -0.25) is 4.79 Å². The molecular formula is C17H21N3O4S. The second-order valence-corrected chi connectivity index (χ2v) is 8.20. The number of carbonyl (C=O) groups is 1. The highest BCUT2D eigenvalue weighted by Gasteiger charge is 2.30. The fourth-order valence-corrected chi connectivity index (χ4v) is 3.83. The summed E-state index contributed by atoms with van der Waals surface area (Å²) in [5.74, 6) is 0.0639. The summed E-state index contributed by atoms with van der Waals surface area (Å²) in [4.78, 5) is 12.3. The van der Waals surface area contributed by atoms with Crippen molar-refractivity contribution in [1.29, 1.82) is 0 Å². The first kappa shape index (κ1) is 17.6. The topological polar surface area (TPSA) is 92.5 Å². The third-order valence-electron chi connectivity index (χ3n) is 4.29. The van der Waals surface area contributed by atoms with Gasteiger partial charge < -0.3 is 9.84 Å². The Labute approximate surface area is 147 Å². The lowest BCUT2D eigenvalue weighted by Crippen LogP contribution is -2.44. The second-order valence-electron chi connectivity index (χ2n) is 6.22. The fourth-order valence-electron chi connectivity index (χ4n) is 2.92. The van der Waals surface area contributed by atoms with Crippen molar-refractivity contribution in [3.05, 3.63) is 42.2 Å². The van der Waals surface area contributed by atoms with Gasteiger partial charge in [-0.05, 0) is 12.8 Å². The zero-order valence-electron chi connectivity index (χ0n) is 14.0. The van der Waals surface area contributed by atoms with Crippen molar-refractivity contribution < 1.29 is 17.7 Å². The molecular weight excluding hydrogens is 342 g/mol. The van der Waals surface area contributed by atoms with Gasteiger partial charge in [0.25, 0.3) is 0 Å². The molecule has 1 aliphatic rings. The van der Waals surface area contributed by atoms with E-state index < -0.39 is 10.0 Å². The summed E-state index contributed by atoms with van der Waals surface area (Å²) in [5.41, 5.74) is 1.66. The molecule has 1 amide bonds. The minimum absolute atomic E-state index is 0.161. The SMILES string of the molecule is CS(=O)(=O)N1CCC[C@H](C(=O)NCc2cc(-c3ccccc3)no2)C1. The first-order valence-corrected chi connectivity index (χ1v) is 10.0. The maximum absolute atomic E-state index is 12.3. The van der Waals surface area contributed by atoms with E-state index in [4.69, 9.17) is 4.52 Å². The van der Waals surface area contributed by atoms with Crippen LogP contribution < -0.4 is 5.32 Å². The van der Waals surface area contributed by atoms with Gasteiger partial charge in [0.2, 0.25) is 15.9 Å². The van der Waals surface area contributed by atoms with Gasteiger partial charge in [0.1, 0.15) is 5.69 Å². The highest BCUT2D eigenvalue weighted by molar-refractivity contribution is 7.88. The van der Waals surface area contributed by atoms with E-state index in [0.29, 0.717) is 30.8 Å². The number of rotatable bonds is 5. The lowest BCUT2D eigenvalue weighted by molar-refractivity contribution is -0.126. The molecule has 1 fully saturated rings. The molecule has 2 heterocycles. The van der Waals surface area contributed by atoms with Crippen molar-refractivity contribution in [2.75, 3.05) is 19.3 Å². The molecule has 2 aromatic rings. The second kappa shape index (κ2) is 7.37. The van der Waals surface area contributed by atoms with Gasteiger partial charge in [0, 0.05) is 24.7 Å². The van der Waals surface area contributed by atoms with E-state index in [2.05, 4.69) is 10.5 Å². The lowest BCUT2D eigenvalue weighted by Gasteiger charge is -2.29. The number of piperidine rings is 1. The van der Waals surface area contributed by atoms with Crippen molar-refractivity contribution in [3.8, 4) is 11.3 Å². The summed E-state index contributed by atoms with van der Waals surface area (Å²) < 4.78 is 29.9. The molecule has 8 heteroatoms. The average Bonchev–Trinajstić information content (AvgIpc) is 3.09. The minimum atomic E-state index is -3.26. The Balaban J connectivity index is 1.57. The van der Waals surface area contributed by atoms with Gasteiger partial charge in [0.15, 0.2) is 5.76 Å². The van der Waals surface area contributed by atoms with Crippen LogP contribution in [0.3, 0.4) is 0 Å². The van der Waals surface area contributed by atoms with Gasteiger partial charge in [-0.2, -0.15) is 0 Å². The first-order valence-electron chi connectivity index (χ1n) is 8.17. The Bertz CT molecular complexity index is 833. The van der Waals surface area contributed by atoms with Gasteiger partial charge in [-0.1, -0.05) is 35.5 Å². The standard InChI is InChI=1S/C17H21N3O4S/c1-25(22,23)20-9-5-8-14(12-20)17(21)18-11-15-10-16(19-24-15)13-6-3-2-4-7-13/h2-4,6-7,10,14H,5,8-9,11-12H2,1H3,(H,18,21)/t14-/m0/s1. The third-order valence-corrected chi connectivity index (χ3v) is 5.56. The molecule has 0 radical (unpaired) electrons. The molecule has 134 valence electrons. The highest BCUT2D eigenvalue weighted by Crippen LogP contribution is 2.20. The smallest absolute Gasteiger partial charge is 0.224 e. The summed E-state index contributed by atoms with van der Waals surface area (Å²) >= 11 is 0. The zero-order chi connectivity index (χ0) is 17.9. The first-order chi connectivity index (χ1) is 11.9. The fraction of sp³-hybridized carbons (Fsp3) is 0.412. The van der Waals surface area contributed by atoms with E-state index in [1.54, 1.807) is 6.07 Å². The molecule has 0 saturated carbocycles. The Morgan fingerprint density at radius 3 is 2.84 bits per heavy atom. The number of nitrogens with one attached hydrogen (secondary N) is 1. The maximum Gasteiger partial charge on any atom is 0.224 e.